The first-order valence-electron chi connectivity index (χ1n) is 6.61. The fourth-order valence-corrected chi connectivity index (χ4v) is 2.34. The molecule has 6 heteroatoms. The van der Waals surface area contributed by atoms with Crippen LogP contribution < -0.4 is 0 Å². The number of carbonyl (C=O) groups excluding carboxylic acids is 1. The molecule has 0 spiro atoms. The Morgan fingerprint density at radius 2 is 2.26 bits per heavy atom. The molecule has 19 heavy (non-hydrogen) atoms. The van der Waals surface area contributed by atoms with Gasteiger partial charge in [0.2, 0.25) is 5.91 Å². The molecular formula is C13H22N4O2. The zero-order chi connectivity index (χ0) is 13.8. The van der Waals surface area contributed by atoms with Crippen molar-refractivity contribution in [1.82, 2.24) is 19.4 Å². The van der Waals surface area contributed by atoms with Crippen LogP contribution in [0.5, 0.6) is 0 Å². The lowest BCUT2D eigenvalue weighted by Crippen LogP contribution is -2.54. The quantitative estimate of drug-likeness (QED) is 0.763. The zero-order valence-electron chi connectivity index (χ0n) is 11.9. The van der Waals surface area contributed by atoms with E-state index in [1.807, 2.05) is 20.2 Å². The van der Waals surface area contributed by atoms with E-state index in [-0.39, 0.29) is 11.9 Å². The van der Waals surface area contributed by atoms with E-state index in [2.05, 4.69) is 14.5 Å². The molecule has 1 aliphatic heterocycles. The normalized spacial score (nSPS) is 21.1. The van der Waals surface area contributed by atoms with Crippen molar-refractivity contribution in [2.45, 2.75) is 26.1 Å². The van der Waals surface area contributed by atoms with Crippen LogP contribution in [0.25, 0.3) is 0 Å². The van der Waals surface area contributed by atoms with Crippen molar-refractivity contribution in [3.63, 3.8) is 0 Å². The van der Waals surface area contributed by atoms with E-state index in [9.17, 15) is 4.79 Å². The summed E-state index contributed by atoms with van der Waals surface area (Å²) in [6.07, 6.45) is 3.75. The number of rotatable bonds is 5. The van der Waals surface area contributed by atoms with Crippen LogP contribution in [0.4, 0.5) is 0 Å². The second-order valence-corrected chi connectivity index (χ2v) is 4.94. The summed E-state index contributed by atoms with van der Waals surface area (Å²) in [4.78, 5) is 20.3. The molecule has 0 radical (unpaired) electrons. The Morgan fingerprint density at radius 1 is 1.47 bits per heavy atom. The Morgan fingerprint density at radius 3 is 3.00 bits per heavy atom. The fourth-order valence-electron chi connectivity index (χ4n) is 2.34. The summed E-state index contributed by atoms with van der Waals surface area (Å²) >= 11 is 0. The van der Waals surface area contributed by atoms with Gasteiger partial charge in [0.05, 0.1) is 19.2 Å². The summed E-state index contributed by atoms with van der Waals surface area (Å²) in [6, 6.07) is -0.0775. The highest BCUT2D eigenvalue weighted by Gasteiger charge is 2.29. The van der Waals surface area contributed by atoms with Crippen LogP contribution in [0, 0.1) is 0 Å². The van der Waals surface area contributed by atoms with Crippen LogP contribution in [0.1, 0.15) is 12.7 Å². The molecule has 0 aromatic carbocycles. The molecule has 0 N–H and O–H groups in total. The molecule has 0 aliphatic carbocycles. The number of hydrogen-bond acceptors (Lipinski definition) is 4. The van der Waals surface area contributed by atoms with Crippen molar-refractivity contribution < 1.29 is 9.53 Å². The number of imidazole rings is 1. The number of ether oxygens (including phenoxy) is 1. The van der Waals surface area contributed by atoms with Gasteiger partial charge in [-0.3, -0.25) is 9.69 Å². The van der Waals surface area contributed by atoms with Crippen molar-refractivity contribution in [2.24, 2.45) is 0 Å². The largest absolute Gasteiger partial charge is 0.383 e. The standard InChI is InChI=1S/C13H22N4O2/c1-11-13(18)15(2)6-7-17(11)10-12-14-4-5-16(12)8-9-19-3/h4-5,11H,6-10H2,1-3H3. The van der Waals surface area contributed by atoms with Crippen LogP contribution in [0.3, 0.4) is 0 Å². The first-order chi connectivity index (χ1) is 9.13. The molecule has 1 saturated heterocycles. The Balaban J connectivity index is 2.01. The summed E-state index contributed by atoms with van der Waals surface area (Å²) < 4.78 is 7.17. The summed E-state index contributed by atoms with van der Waals surface area (Å²) in [6.45, 7) is 5.79. The minimum atomic E-state index is -0.0775. The van der Waals surface area contributed by atoms with E-state index in [0.717, 1.165) is 25.5 Å². The average Bonchev–Trinajstić information content (AvgIpc) is 2.84. The Kier molecular flexibility index (Phi) is 4.55. The van der Waals surface area contributed by atoms with E-state index < -0.39 is 0 Å². The lowest BCUT2D eigenvalue weighted by atomic mass is 10.2. The fraction of sp³-hybridized carbons (Fsp3) is 0.692. The molecule has 1 fully saturated rings. The van der Waals surface area contributed by atoms with Gasteiger partial charge in [-0.1, -0.05) is 0 Å². The molecule has 0 saturated carbocycles. The van der Waals surface area contributed by atoms with Gasteiger partial charge in [-0.15, -0.1) is 0 Å². The molecule has 0 bridgehead atoms. The van der Waals surface area contributed by atoms with Crippen molar-refractivity contribution >= 4 is 5.91 Å². The molecule has 1 atom stereocenters. The van der Waals surface area contributed by atoms with E-state index in [1.165, 1.54) is 0 Å². The molecule has 1 aromatic heterocycles. The van der Waals surface area contributed by atoms with Crippen LogP contribution in [-0.2, 0) is 22.6 Å². The van der Waals surface area contributed by atoms with Gasteiger partial charge in [-0.2, -0.15) is 0 Å². The third-order valence-corrected chi connectivity index (χ3v) is 3.69. The lowest BCUT2D eigenvalue weighted by molar-refractivity contribution is -0.139. The molecule has 1 unspecified atom stereocenters. The van der Waals surface area contributed by atoms with Gasteiger partial charge in [0.1, 0.15) is 5.82 Å². The van der Waals surface area contributed by atoms with Gasteiger partial charge < -0.3 is 14.2 Å². The first kappa shape index (κ1) is 14.0. The van der Waals surface area contributed by atoms with Crippen LogP contribution >= 0.6 is 0 Å². The third-order valence-electron chi connectivity index (χ3n) is 3.69. The highest BCUT2D eigenvalue weighted by Crippen LogP contribution is 2.13. The number of piperazine rings is 1. The van der Waals surface area contributed by atoms with Crippen molar-refractivity contribution in [3.05, 3.63) is 18.2 Å². The summed E-state index contributed by atoms with van der Waals surface area (Å²) in [5.41, 5.74) is 0. The maximum atomic E-state index is 12.0. The minimum Gasteiger partial charge on any atom is -0.383 e. The van der Waals surface area contributed by atoms with Gasteiger partial charge in [0.15, 0.2) is 0 Å². The number of amides is 1. The molecule has 1 aromatic rings. The second kappa shape index (κ2) is 6.16. The number of carbonyl (C=O) groups is 1. The van der Waals surface area contributed by atoms with Crippen molar-refractivity contribution in [3.8, 4) is 0 Å². The predicted octanol–water partition coefficient (Wildman–Crippen LogP) is 0.192. The molecule has 1 amide bonds. The highest BCUT2D eigenvalue weighted by atomic mass is 16.5. The van der Waals surface area contributed by atoms with Gasteiger partial charge in [0.25, 0.3) is 0 Å². The number of likely N-dealkylation sites (N-methyl/N-ethyl adjacent to an activating group) is 1. The number of methoxy groups -OCH3 is 1. The van der Waals surface area contributed by atoms with E-state index >= 15 is 0 Å². The average molecular weight is 266 g/mol. The molecule has 1 aliphatic rings. The molecular weight excluding hydrogens is 244 g/mol. The SMILES string of the molecule is COCCn1ccnc1CN1CCN(C)C(=O)C1C. The second-order valence-electron chi connectivity index (χ2n) is 4.94. The van der Waals surface area contributed by atoms with Crippen LogP contribution in [-0.4, -0.2) is 65.2 Å². The number of hydrogen-bond donors (Lipinski definition) is 0. The minimum absolute atomic E-state index is 0.0775. The lowest BCUT2D eigenvalue weighted by Gasteiger charge is -2.37. The Hall–Kier alpha value is -1.40. The van der Waals surface area contributed by atoms with E-state index in [1.54, 1.807) is 18.2 Å². The zero-order valence-corrected chi connectivity index (χ0v) is 11.9. The highest BCUT2D eigenvalue weighted by molar-refractivity contribution is 5.81. The van der Waals surface area contributed by atoms with Crippen LogP contribution in [0.15, 0.2) is 12.4 Å². The van der Waals surface area contributed by atoms with Gasteiger partial charge in [-0.25, -0.2) is 4.98 Å². The molecule has 2 rings (SSSR count). The Labute approximate surface area is 114 Å². The van der Waals surface area contributed by atoms with Crippen molar-refractivity contribution in [2.75, 3.05) is 33.9 Å². The van der Waals surface area contributed by atoms with Crippen LogP contribution in [0.2, 0.25) is 0 Å². The topological polar surface area (TPSA) is 50.6 Å². The Bertz CT molecular complexity index is 432. The monoisotopic (exact) mass is 266 g/mol. The molecule has 2 heterocycles. The molecule has 106 valence electrons. The van der Waals surface area contributed by atoms with Crippen molar-refractivity contribution in [1.29, 1.82) is 0 Å². The first-order valence-corrected chi connectivity index (χ1v) is 6.61. The summed E-state index contributed by atoms with van der Waals surface area (Å²) in [5, 5.41) is 0. The third kappa shape index (κ3) is 3.13. The van der Waals surface area contributed by atoms with Gasteiger partial charge >= 0.3 is 0 Å². The number of nitrogens with zero attached hydrogens (tertiary/aromatic N) is 4. The smallest absolute Gasteiger partial charge is 0.239 e. The maximum absolute atomic E-state index is 12.0. The summed E-state index contributed by atoms with van der Waals surface area (Å²) in [5.74, 6) is 1.17. The molecule has 6 nitrogen and oxygen atoms in total. The van der Waals surface area contributed by atoms with E-state index in [4.69, 9.17) is 4.74 Å². The summed E-state index contributed by atoms with van der Waals surface area (Å²) in [7, 11) is 3.55. The predicted molar refractivity (Wildman–Crippen MR) is 71.6 cm³/mol. The number of aromatic nitrogens is 2. The maximum Gasteiger partial charge on any atom is 0.239 e. The van der Waals surface area contributed by atoms with E-state index in [0.29, 0.717) is 13.2 Å². The van der Waals surface area contributed by atoms with Gasteiger partial charge in [-0.05, 0) is 6.92 Å². The van der Waals surface area contributed by atoms with Gasteiger partial charge in [0, 0.05) is 46.2 Å².